The van der Waals surface area contributed by atoms with Crippen LogP contribution >= 0.6 is 11.3 Å². The molecule has 7 heteroatoms. The highest BCUT2D eigenvalue weighted by Crippen LogP contribution is 2.28. The summed E-state index contributed by atoms with van der Waals surface area (Å²) in [4.78, 5) is 21.2. The Balaban J connectivity index is 1.11. The topological polar surface area (TPSA) is 52.6 Å². The van der Waals surface area contributed by atoms with E-state index in [1.54, 1.807) is 11.3 Å². The van der Waals surface area contributed by atoms with E-state index in [0.29, 0.717) is 5.91 Å². The van der Waals surface area contributed by atoms with Crippen LogP contribution in [-0.4, -0.2) is 71.2 Å². The highest BCUT2D eigenvalue weighted by molar-refractivity contribution is 7.13. The van der Waals surface area contributed by atoms with Gasteiger partial charge in [0, 0.05) is 51.2 Å². The monoisotopic (exact) mass is 425 g/mol. The molecule has 30 heavy (non-hydrogen) atoms. The van der Waals surface area contributed by atoms with Crippen molar-refractivity contribution >= 4 is 23.1 Å². The summed E-state index contributed by atoms with van der Waals surface area (Å²) in [7, 11) is 0. The zero-order valence-electron chi connectivity index (χ0n) is 17.6. The predicted octanol–water partition coefficient (Wildman–Crippen LogP) is 3.51. The molecule has 2 aliphatic heterocycles. The van der Waals surface area contributed by atoms with Crippen LogP contribution < -0.4 is 4.90 Å². The zero-order valence-corrected chi connectivity index (χ0v) is 18.4. The molecule has 0 aromatic carbocycles. The van der Waals surface area contributed by atoms with Gasteiger partial charge in [0.05, 0.1) is 4.88 Å². The van der Waals surface area contributed by atoms with Crippen LogP contribution in [0.5, 0.6) is 0 Å². The van der Waals surface area contributed by atoms with Crippen molar-refractivity contribution in [2.24, 2.45) is 5.92 Å². The van der Waals surface area contributed by atoms with Crippen LogP contribution in [0.15, 0.2) is 29.6 Å². The maximum atomic E-state index is 13.1. The van der Waals surface area contributed by atoms with Crippen LogP contribution in [0.4, 0.5) is 5.82 Å². The van der Waals surface area contributed by atoms with Gasteiger partial charge >= 0.3 is 0 Å². The molecule has 2 aromatic rings. The van der Waals surface area contributed by atoms with Crippen molar-refractivity contribution < 1.29 is 4.79 Å². The third kappa shape index (κ3) is 4.23. The number of piperidine rings is 1. The third-order valence-electron chi connectivity index (χ3n) is 7.06. The summed E-state index contributed by atoms with van der Waals surface area (Å²) in [5.74, 6) is 1.46. The molecule has 0 unspecified atom stereocenters. The van der Waals surface area contributed by atoms with Gasteiger partial charge in [-0.05, 0) is 49.3 Å². The molecule has 160 valence electrons. The van der Waals surface area contributed by atoms with Gasteiger partial charge in [0.2, 0.25) is 5.91 Å². The molecular formula is C23H31N5OS. The van der Waals surface area contributed by atoms with E-state index in [1.165, 1.54) is 25.7 Å². The maximum Gasteiger partial charge on any atom is 0.225 e. The standard InChI is InChI=1S/C23H31N5OS/c29-23(28-15-13-26(14-16-28)19-4-1-2-5-19)18-9-11-27(12-10-18)22-8-7-20(24-25-22)21-6-3-17-30-21/h3,6-8,17-19H,1-2,4-5,9-16H2. The van der Waals surface area contributed by atoms with Crippen molar-refractivity contribution in [3.05, 3.63) is 29.6 Å². The molecule has 1 aliphatic carbocycles. The number of rotatable bonds is 4. The van der Waals surface area contributed by atoms with Crippen molar-refractivity contribution in [2.45, 2.75) is 44.6 Å². The first-order chi connectivity index (χ1) is 14.8. The van der Waals surface area contributed by atoms with E-state index in [4.69, 9.17) is 0 Å². The number of thiophene rings is 1. The molecule has 4 heterocycles. The van der Waals surface area contributed by atoms with E-state index in [0.717, 1.165) is 74.5 Å². The fourth-order valence-corrected chi connectivity index (χ4v) is 5.93. The minimum absolute atomic E-state index is 0.164. The highest BCUT2D eigenvalue weighted by Gasteiger charge is 2.32. The van der Waals surface area contributed by atoms with Gasteiger partial charge in [-0.25, -0.2) is 0 Å². The Kier molecular flexibility index (Phi) is 6.00. The van der Waals surface area contributed by atoms with Crippen LogP contribution in [0.25, 0.3) is 10.6 Å². The summed E-state index contributed by atoms with van der Waals surface area (Å²) >= 11 is 1.68. The van der Waals surface area contributed by atoms with E-state index >= 15 is 0 Å². The molecule has 0 spiro atoms. The summed E-state index contributed by atoms with van der Waals surface area (Å²) in [6.07, 6.45) is 7.28. The van der Waals surface area contributed by atoms with Gasteiger partial charge < -0.3 is 9.80 Å². The average molecular weight is 426 g/mol. The molecule has 2 aromatic heterocycles. The number of anilines is 1. The first-order valence-electron chi connectivity index (χ1n) is 11.4. The Morgan fingerprint density at radius 3 is 2.30 bits per heavy atom. The first-order valence-corrected chi connectivity index (χ1v) is 12.3. The number of carbonyl (C=O) groups is 1. The minimum atomic E-state index is 0.164. The van der Waals surface area contributed by atoms with E-state index in [9.17, 15) is 4.79 Å². The van der Waals surface area contributed by atoms with Crippen LogP contribution in [0.3, 0.4) is 0 Å². The molecule has 2 saturated heterocycles. The van der Waals surface area contributed by atoms with Gasteiger partial charge in [0.25, 0.3) is 0 Å². The summed E-state index contributed by atoms with van der Waals surface area (Å²) in [6, 6.07) is 8.99. The highest BCUT2D eigenvalue weighted by atomic mass is 32.1. The number of hydrogen-bond donors (Lipinski definition) is 0. The Labute approximate surface area is 182 Å². The van der Waals surface area contributed by atoms with Crippen molar-refractivity contribution in [3.8, 4) is 10.6 Å². The van der Waals surface area contributed by atoms with Gasteiger partial charge in [-0.3, -0.25) is 9.69 Å². The van der Waals surface area contributed by atoms with Gasteiger partial charge in [0.15, 0.2) is 5.82 Å². The molecule has 0 radical (unpaired) electrons. The summed E-state index contributed by atoms with van der Waals surface area (Å²) < 4.78 is 0. The molecule has 3 fully saturated rings. The summed E-state index contributed by atoms with van der Waals surface area (Å²) in [5.41, 5.74) is 0.926. The minimum Gasteiger partial charge on any atom is -0.355 e. The number of carbonyl (C=O) groups excluding carboxylic acids is 1. The van der Waals surface area contributed by atoms with E-state index in [1.807, 2.05) is 6.07 Å². The lowest BCUT2D eigenvalue weighted by Crippen LogP contribution is -2.53. The summed E-state index contributed by atoms with van der Waals surface area (Å²) in [5, 5.41) is 10.9. The SMILES string of the molecule is O=C(C1CCN(c2ccc(-c3cccs3)nn2)CC1)N1CCN(C2CCCC2)CC1. The van der Waals surface area contributed by atoms with E-state index in [2.05, 4.69) is 48.5 Å². The first kappa shape index (κ1) is 19.9. The predicted molar refractivity (Wildman–Crippen MR) is 121 cm³/mol. The number of piperazine rings is 1. The number of hydrogen-bond acceptors (Lipinski definition) is 6. The summed E-state index contributed by atoms with van der Waals surface area (Å²) in [6.45, 7) is 5.69. The lowest BCUT2D eigenvalue weighted by atomic mass is 9.95. The molecule has 1 amide bonds. The van der Waals surface area contributed by atoms with Crippen molar-refractivity contribution in [1.82, 2.24) is 20.0 Å². The van der Waals surface area contributed by atoms with Crippen LogP contribution in [0.2, 0.25) is 0 Å². The van der Waals surface area contributed by atoms with Gasteiger partial charge in [-0.15, -0.1) is 21.5 Å². The van der Waals surface area contributed by atoms with Gasteiger partial charge in [0.1, 0.15) is 5.69 Å². The molecular weight excluding hydrogens is 394 g/mol. The molecule has 0 atom stereocenters. The third-order valence-corrected chi connectivity index (χ3v) is 7.95. The molecule has 3 aliphatic rings. The molecule has 6 nitrogen and oxygen atoms in total. The number of amides is 1. The lowest BCUT2D eigenvalue weighted by molar-refractivity contribution is -0.138. The second-order valence-electron chi connectivity index (χ2n) is 8.81. The van der Waals surface area contributed by atoms with Crippen LogP contribution in [-0.2, 0) is 4.79 Å². The van der Waals surface area contributed by atoms with Crippen LogP contribution in [0.1, 0.15) is 38.5 Å². The average Bonchev–Trinajstić information content (AvgIpc) is 3.54. The van der Waals surface area contributed by atoms with Crippen molar-refractivity contribution in [1.29, 1.82) is 0 Å². The lowest BCUT2D eigenvalue weighted by Gasteiger charge is -2.40. The van der Waals surface area contributed by atoms with Crippen LogP contribution in [0, 0.1) is 5.92 Å². The van der Waals surface area contributed by atoms with E-state index in [-0.39, 0.29) is 5.92 Å². The Bertz CT molecular complexity index is 818. The smallest absolute Gasteiger partial charge is 0.225 e. The molecule has 5 rings (SSSR count). The Hall–Kier alpha value is -1.99. The second kappa shape index (κ2) is 9.02. The van der Waals surface area contributed by atoms with Gasteiger partial charge in [-0.2, -0.15) is 0 Å². The van der Waals surface area contributed by atoms with Crippen molar-refractivity contribution in [2.75, 3.05) is 44.2 Å². The fourth-order valence-electron chi connectivity index (χ4n) is 5.24. The quantitative estimate of drug-likeness (QED) is 0.750. The largest absolute Gasteiger partial charge is 0.355 e. The fraction of sp³-hybridized carbons (Fsp3) is 0.609. The zero-order chi connectivity index (χ0) is 20.3. The van der Waals surface area contributed by atoms with Gasteiger partial charge in [-0.1, -0.05) is 18.9 Å². The molecule has 0 bridgehead atoms. The Morgan fingerprint density at radius 2 is 1.67 bits per heavy atom. The number of aromatic nitrogens is 2. The van der Waals surface area contributed by atoms with E-state index < -0.39 is 0 Å². The maximum absolute atomic E-state index is 13.1. The van der Waals surface area contributed by atoms with Crippen molar-refractivity contribution in [3.63, 3.8) is 0 Å². The normalized spacial score (nSPS) is 22.0. The second-order valence-corrected chi connectivity index (χ2v) is 9.76. The number of nitrogens with zero attached hydrogens (tertiary/aromatic N) is 5. The molecule has 0 N–H and O–H groups in total. The molecule has 1 saturated carbocycles. The Morgan fingerprint density at radius 1 is 0.900 bits per heavy atom.